The Morgan fingerprint density at radius 1 is 1.07 bits per heavy atom. The highest BCUT2D eigenvalue weighted by atomic mass is 35.5. The van der Waals surface area contributed by atoms with Crippen LogP contribution in [0.4, 0.5) is 0 Å². The molecule has 0 N–H and O–H groups in total. The molecule has 2 aliphatic rings. The predicted octanol–water partition coefficient (Wildman–Crippen LogP) is 5.71. The summed E-state index contributed by atoms with van der Waals surface area (Å²) in [7, 11) is 3.35. The second-order valence-corrected chi connectivity index (χ2v) is 12.6. The molecule has 0 bridgehead atoms. The van der Waals surface area contributed by atoms with Crippen LogP contribution in [-0.4, -0.2) is 74.0 Å². The fraction of sp³-hybridized carbons (Fsp3) is 0.355. The van der Waals surface area contributed by atoms with Crippen molar-refractivity contribution in [2.75, 3.05) is 27.2 Å². The highest BCUT2D eigenvalue weighted by Gasteiger charge is 2.35. The molecule has 12 heteroatoms. The van der Waals surface area contributed by atoms with Crippen molar-refractivity contribution in [2.24, 2.45) is 0 Å². The van der Waals surface area contributed by atoms with Gasteiger partial charge in [-0.3, -0.25) is 14.3 Å². The predicted molar refractivity (Wildman–Crippen MR) is 164 cm³/mol. The molecular weight excluding hydrogens is 591 g/mol. The van der Waals surface area contributed by atoms with E-state index < -0.39 is 5.54 Å². The monoisotopic (exact) mass is 622 g/mol. The average Bonchev–Trinajstić information content (AvgIpc) is 3.54. The lowest BCUT2D eigenvalue weighted by molar-refractivity contribution is -0.135. The van der Waals surface area contributed by atoms with Crippen LogP contribution in [0, 0.1) is 0 Å². The van der Waals surface area contributed by atoms with Crippen molar-refractivity contribution in [3.63, 3.8) is 0 Å². The Balaban J connectivity index is 1.50. The molecular formula is C31H32Cl2N6O4. The number of nitrogens with zero attached hydrogens (tertiary/aromatic N) is 6. The zero-order valence-corrected chi connectivity index (χ0v) is 26.2. The van der Waals surface area contributed by atoms with Crippen LogP contribution in [0.2, 0.25) is 10.0 Å². The van der Waals surface area contributed by atoms with Crippen LogP contribution in [0.15, 0.2) is 42.7 Å². The van der Waals surface area contributed by atoms with Gasteiger partial charge in [-0.2, -0.15) is 10.2 Å². The molecule has 2 amide bonds. The van der Waals surface area contributed by atoms with E-state index in [1.807, 2.05) is 44.0 Å². The molecule has 0 saturated carbocycles. The summed E-state index contributed by atoms with van der Waals surface area (Å²) in [5.41, 5.74) is 4.02. The Morgan fingerprint density at radius 3 is 2.42 bits per heavy atom. The summed E-state index contributed by atoms with van der Waals surface area (Å²) in [6.45, 7) is 7.77. The Hall–Kier alpha value is -4.02. The van der Waals surface area contributed by atoms with Gasteiger partial charge in [-0.1, -0.05) is 23.2 Å². The second kappa shape index (κ2) is 10.9. The van der Waals surface area contributed by atoms with Crippen LogP contribution >= 0.6 is 23.2 Å². The molecule has 43 heavy (non-hydrogen) atoms. The van der Waals surface area contributed by atoms with Gasteiger partial charge in [0.25, 0.3) is 5.91 Å². The van der Waals surface area contributed by atoms with Gasteiger partial charge in [0.2, 0.25) is 5.91 Å². The van der Waals surface area contributed by atoms with Crippen LogP contribution in [0.5, 0.6) is 11.5 Å². The number of halogens is 2. The number of aromatic nitrogens is 4. The third-order valence-corrected chi connectivity index (χ3v) is 8.40. The van der Waals surface area contributed by atoms with E-state index in [-0.39, 0.29) is 30.7 Å². The van der Waals surface area contributed by atoms with Crippen molar-refractivity contribution in [1.29, 1.82) is 0 Å². The summed E-state index contributed by atoms with van der Waals surface area (Å²) >= 11 is 12.8. The minimum absolute atomic E-state index is 0.0397. The molecule has 2 aromatic heterocycles. The lowest BCUT2D eigenvalue weighted by atomic mass is 9.96. The van der Waals surface area contributed by atoms with Gasteiger partial charge in [-0.05, 0) is 51.5 Å². The van der Waals surface area contributed by atoms with E-state index in [9.17, 15) is 9.59 Å². The van der Waals surface area contributed by atoms with Crippen LogP contribution in [0.25, 0.3) is 28.1 Å². The first-order chi connectivity index (χ1) is 20.4. The minimum atomic E-state index is -0.432. The highest BCUT2D eigenvalue weighted by molar-refractivity contribution is 6.34. The molecule has 0 aliphatic carbocycles. The molecule has 6 rings (SSSR count). The minimum Gasteiger partial charge on any atom is -0.496 e. The number of amides is 2. The van der Waals surface area contributed by atoms with Crippen molar-refractivity contribution >= 4 is 35.0 Å². The van der Waals surface area contributed by atoms with Crippen molar-refractivity contribution in [1.82, 2.24) is 29.4 Å². The summed E-state index contributed by atoms with van der Waals surface area (Å²) in [6.07, 6.45) is 4.57. The van der Waals surface area contributed by atoms with E-state index in [0.717, 1.165) is 30.6 Å². The van der Waals surface area contributed by atoms with E-state index in [0.29, 0.717) is 44.1 Å². The van der Waals surface area contributed by atoms with Gasteiger partial charge in [0, 0.05) is 70.2 Å². The smallest absolute Gasteiger partial charge is 0.274 e. The van der Waals surface area contributed by atoms with E-state index in [1.54, 1.807) is 52.8 Å². The normalized spacial score (nSPS) is 14.0. The fourth-order valence-corrected chi connectivity index (χ4v) is 5.67. The average molecular weight is 624 g/mol. The number of fused-ring (bicyclic) bond motifs is 3. The topological polar surface area (TPSA) is 94.7 Å². The molecule has 4 heterocycles. The van der Waals surface area contributed by atoms with Gasteiger partial charge in [-0.15, -0.1) is 0 Å². The zero-order valence-electron chi connectivity index (χ0n) is 24.6. The summed E-state index contributed by atoms with van der Waals surface area (Å²) in [5.74, 6) is 0.963. The van der Waals surface area contributed by atoms with Gasteiger partial charge in [-0.25, -0.2) is 4.68 Å². The van der Waals surface area contributed by atoms with E-state index >= 15 is 0 Å². The van der Waals surface area contributed by atoms with E-state index in [2.05, 4.69) is 5.10 Å². The molecule has 0 unspecified atom stereocenters. The number of hydrogen-bond donors (Lipinski definition) is 0. The van der Waals surface area contributed by atoms with Gasteiger partial charge >= 0.3 is 0 Å². The first kappa shape index (κ1) is 29.1. The third kappa shape index (κ3) is 5.34. The van der Waals surface area contributed by atoms with Crippen molar-refractivity contribution < 1.29 is 19.1 Å². The second-order valence-electron chi connectivity index (χ2n) is 11.7. The van der Waals surface area contributed by atoms with Crippen molar-refractivity contribution in [3.05, 3.63) is 64.0 Å². The van der Waals surface area contributed by atoms with Crippen molar-refractivity contribution in [2.45, 2.75) is 45.9 Å². The molecule has 0 spiro atoms. The number of rotatable bonds is 6. The molecule has 1 saturated heterocycles. The maximum absolute atomic E-state index is 13.8. The molecule has 0 atom stereocenters. The summed E-state index contributed by atoms with van der Waals surface area (Å²) < 4.78 is 15.3. The van der Waals surface area contributed by atoms with Crippen molar-refractivity contribution in [3.8, 4) is 39.6 Å². The fourth-order valence-electron chi connectivity index (χ4n) is 5.15. The van der Waals surface area contributed by atoms with Crippen LogP contribution in [0.1, 0.15) is 43.2 Å². The molecule has 10 nitrogen and oxygen atoms in total. The quantitative estimate of drug-likeness (QED) is 0.273. The molecule has 4 aromatic rings. The summed E-state index contributed by atoms with van der Waals surface area (Å²) in [4.78, 5) is 29.8. The molecule has 224 valence electrons. The molecule has 2 aliphatic heterocycles. The maximum Gasteiger partial charge on any atom is 0.274 e. The standard InChI is InChI=1S/C31H32Cl2N6O4/c1-31(2,3)36(4)30(41)28-24-17-43-26-13-25(42-5)22(18-14-34-38(15-18)16-27(40)37-7-6-8-37)12-23(26)29(24)39(35-28)21-10-19(32)9-20(33)11-21/h9-15H,6-8,16-17H2,1-5H3. The lowest BCUT2D eigenvalue weighted by Crippen LogP contribution is -2.43. The summed E-state index contributed by atoms with van der Waals surface area (Å²) in [6, 6.07) is 8.91. The summed E-state index contributed by atoms with van der Waals surface area (Å²) in [5, 5.41) is 10.2. The Morgan fingerprint density at radius 2 is 1.79 bits per heavy atom. The van der Waals surface area contributed by atoms with Crippen LogP contribution in [0.3, 0.4) is 0 Å². The number of carbonyl (C=O) groups is 2. The largest absolute Gasteiger partial charge is 0.496 e. The van der Waals surface area contributed by atoms with Gasteiger partial charge in [0.1, 0.15) is 24.7 Å². The van der Waals surface area contributed by atoms with Crippen LogP contribution < -0.4 is 9.47 Å². The van der Waals surface area contributed by atoms with Gasteiger partial charge in [0.05, 0.1) is 24.7 Å². The number of ether oxygens (including phenoxy) is 2. The van der Waals surface area contributed by atoms with Gasteiger partial charge < -0.3 is 19.3 Å². The number of methoxy groups -OCH3 is 1. The highest BCUT2D eigenvalue weighted by Crippen LogP contribution is 2.46. The SMILES string of the molecule is COc1cc2c(cc1-c1cnn(CC(=O)N3CCC3)c1)-c1c(c(C(=O)N(C)C(C)(C)C)nn1-c1cc(Cl)cc(Cl)c1)CO2. The maximum atomic E-state index is 13.8. The Kier molecular flexibility index (Phi) is 7.38. The number of carbonyl (C=O) groups excluding carboxylic acids is 2. The molecule has 0 radical (unpaired) electrons. The molecule has 2 aromatic carbocycles. The van der Waals surface area contributed by atoms with Crippen LogP contribution in [-0.2, 0) is 17.9 Å². The number of hydrogen-bond acceptors (Lipinski definition) is 6. The third-order valence-electron chi connectivity index (χ3n) is 7.97. The lowest BCUT2D eigenvalue weighted by Gasteiger charge is -2.31. The molecule has 1 fully saturated rings. The van der Waals surface area contributed by atoms with E-state index in [1.165, 1.54) is 0 Å². The zero-order chi connectivity index (χ0) is 30.6. The number of likely N-dealkylation sites (tertiary alicyclic amines) is 1. The first-order valence-electron chi connectivity index (χ1n) is 14.0. The Bertz CT molecular complexity index is 1730. The Labute approximate surface area is 259 Å². The number of benzene rings is 2. The van der Waals surface area contributed by atoms with E-state index in [4.69, 9.17) is 37.8 Å². The van der Waals surface area contributed by atoms with Gasteiger partial charge in [0.15, 0.2) is 5.69 Å². The first-order valence-corrected chi connectivity index (χ1v) is 14.7.